The van der Waals surface area contributed by atoms with E-state index in [-0.39, 0.29) is 5.75 Å². The van der Waals surface area contributed by atoms with Crippen molar-refractivity contribution in [3.63, 3.8) is 0 Å². The van der Waals surface area contributed by atoms with Crippen molar-refractivity contribution in [2.24, 2.45) is 5.92 Å². The van der Waals surface area contributed by atoms with Crippen molar-refractivity contribution in [1.29, 1.82) is 0 Å². The third kappa shape index (κ3) is 9.94. The van der Waals surface area contributed by atoms with E-state index in [1.165, 1.54) is 22.3 Å². The third-order valence-corrected chi connectivity index (χ3v) is 8.94. The molecule has 0 fully saturated rings. The molecule has 2 atom stereocenters. The van der Waals surface area contributed by atoms with Crippen molar-refractivity contribution < 1.29 is 31.6 Å². The smallest absolute Gasteiger partial charge is 0.453 e. The van der Waals surface area contributed by atoms with Crippen molar-refractivity contribution in [3.8, 4) is 0 Å². The second kappa shape index (κ2) is 15.2. The topological polar surface area (TPSA) is 55.3 Å². The van der Waals surface area contributed by atoms with E-state index in [0.717, 1.165) is 51.5 Å². The molecular formula is C30H40F5NO2S. The Labute approximate surface area is 231 Å². The fraction of sp³-hybridized carbons (Fsp3) is 0.600. The maximum atomic E-state index is 12.9. The Morgan fingerprint density at radius 3 is 2.38 bits per heavy atom. The van der Waals surface area contributed by atoms with Crippen LogP contribution in [0.3, 0.4) is 0 Å². The molecule has 2 aliphatic rings. The molecule has 9 heteroatoms. The van der Waals surface area contributed by atoms with Crippen molar-refractivity contribution in [2.45, 2.75) is 82.7 Å². The maximum absolute atomic E-state index is 12.9. The molecule has 3 nitrogen and oxygen atoms in total. The molecule has 0 spiro atoms. The zero-order chi connectivity index (χ0) is 28.3. The highest BCUT2D eigenvalue weighted by Crippen LogP contribution is 2.43. The van der Waals surface area contributed by atoms with Crippen LogP contribution in [0.2, 0.25) is 0 Å². The molecule has 218 valence electrons. The summed E-state index contributed by atoms with van der Waals surface area (Å²) in [5.41, 5.74) is 5.50. The summed E-state index contributed by atoms with van der Waals surface area (Å²) >= 11 is -1.39. The molecule has 1 aromatic carbocycles. The van der Waals surface area contributed by atoms with Gasteiger partial charge < -0.3 is 15.0 Å². The molecule has 0 amide bonds. The molecule has 0 radical (unpaired) electrons. The van der Waals surface area contributed by atoms with Crippen LogP contribution >= 0.6 is 0 Å². The summed E-state index contributed by atoms with van der Waals surface area (Å²) < 4.78 is 74.3. The molecule has 39 heavy (non-hydrogen) atoms. The second-order valence-electron chi connectivity index (χ2n) is 10.5. The van der Waals surface area contributed by atoms with E-state index in [9.17, 15) is 31.6 Å². The van der Waals surface area contributed by atoms with Crippen LogP contribution in [-0.2, 0) is 11.2 Å². The molecule has 0 bridgehead atoms. The number of fused-ring (bicyclic) bond motifs is 1. The minimum atomic E-state index is -5.55. The number of benzene rings is 1. The molecule has 0 heterocycles. The third-order valence-electron chi connectivity index (χ3n) is 7.45. The summed E-state index contributed by atoms with van der Waals surface area (Å²) in [7, 11) is 0. The summed E-state index contributed by atoms with van der Waals surface area (Å²) in [4.78, 5) is 0. The van der Waals surface area contributed by atoms with Crippen LogP contribution < -0.4 is 5.32 Å². The van der Waals surface area contributed by atoms with Gasteiger partial charge in [0.1, 0.15) is 11.5 Å². The molecule has 2 aliphatic carbocycles. The van der Waals surface area contributed by atoms with Gasteiger partial charge in [-0.05, 0) is 92.3 Å². The van der Waals surface area contributed by atoms with Gasteiger partial charge in [0.25, 0.3) is 0 Å². The highest BCUT2D eigenvalue weighted by atomic mass is 32.2. The van der Waals surface area contributed by atoms with Gasteiger partial charge in [-0.2, -0.15) is 22.0 Å². The van der Waals surface area contributed by atoms with E-state index in [0.29, 0.717) is 36.8 Å². The molecule has 0 aromatic heterocycles. The highest BCUT2D eigenvalue weighted by molar-refractivity contribution is 7.91. The molecular weight excluding hydrogens is 533 g/mol. The average Bonchev–Trinajstić information content (AvgIpc) is 3.06. The fourth-order valence-electron chi connectivity index (χ4n) is 5.37. The van der Waals surface area contributed by atoms with Gasteiger partial charge in [0, 0.05) is 19.3 Å². The van der Waals surface area contributed by atoms with Crippen LogP contribution in [0.5, 0.6) is 0 Å². The first-order valence-electron chi connectivity index (χ1n) is 14.0. The Kier molecular flexibility index (Phi) is 12.4. The lowest BCUT2D eigenvalue weighted by Gasteiger charge is -2.24. The number of alkyl halides is 5. The molecule has 2 unspecified atom stereocenters. The zero-order valence-electron chi connectivity index (χ0n) is 22.4. The standard InChI is InChI=1S/C30H40F5NO2S/c31-29(32,30(33,34)35)17-8-20-39(38)21-9-19-36-18-6-2-5-13-28-26(23-10-3-1-4-11-23)14-7-12-24-22-25(37)15-16-27(24)28/h1,3-4,10-11,15-16,24,36-37H,2,5-9,12-14,17-22H2. The number of rotatable bonds is 15. The predicted octanol–water partition coefficient (Wildman–Crippen LogP) is 8.28. The van der Waals surface area contributed by atoms with Crippen LogP contribution in [0.1, 0.15) is 76.2 Å². The first-order chi connectivity index (χ1) is 18.6. The van der Waals surface area contributed by atoms with E-state index in [1.807, 2.05) is 12.1 Å². The Morgan fingerprint density at radius 2 is 1.64 bits per heavy atom. The fourth-order valence-corrected chi connectivity index (χ4v) is 6.51. The number of nitrogens with one attached hydrogen (secondary N) is 1. The minimum absolute atomic E-state index is 0.140. The summed E-state index contributed by atoms with van der Waals surface area (Å²) in [5.74, 6) is -3.73. The molecule has 2 N–H and O–H groups in total. The quantitative estimate of drug-likeness (QED) is 0.126. The van der Waals surface area contributed by atoms with Gasteiger partial charge in [0.15, 0.2) is 0 Å². The summed E-state index contributed by atoms with van der Waals surface area (Å²) in [6, 6.07) is 10.6. The number of allylic oxidation sites excluding steroid dienone is 6. The lowest BCUT2D eigenvalue weighted by Crippen LogP contribution is -2.36. The monoisotopic (exact) mass is 573 g/mol. The van der Waals surface area contributed by atoms with Crippen LogP contribution in [-0.4, -0.2) is 46.4 Å². The van der Waals surface area contributed by atoms with Crippen LogP contribution in [0.25, 0.3) is 5.57 Å². The van der Waals surface area contributed by atoms with E-state index >= 15 is 0 Å². The lowest BCUT2D eigenvalue weighted by molar-refractivity contribution is -0.284. The first kappa shape index (κ1) is 31.7. The summed E-state index contributed by atoms with van der Waals surface area (Å²) in [5, 5.41) is 13.4. The molecule has 3 rings (SSSR count). The zero-order valence-corrected chi connectivity index (χ0v) is 23.2. The van der Waals surface area contributed by atoms with Gasteiger partial charge >= 0.3 is 12.1 Å². The summed E-state index contributed by atoms with van der Waals surface area (Å²) in [6.07, 6.45) is 5.30. The van der Waals surface area contributed by atoms with Crippen molar-refractivity contribution in [2.75, 3.05) is 24.6 Å². The van der Waals surface area contributed by atoms with Crippen molar-refractivity contribution >= 4 is 16.7 Å². The van der Waals surface area contributed by atoms with E-state index in [1.54, 1.807) is 0 Å². The Balaban J connectivity index is 1.36. The number of hydrogen-bond donors (Lipinski definition) is 2. The predicted molar refractivity (Wildman–Crippen MR) is 148 cm³/mol. The molecule has 0 saturated carbocycles. The van der Waals surface area contributed by atoms with E-state index < -0.39 is 36.1 Å². The SMILES string of the molecule is [O-][S+](CCCNCCCCCC1=C(c2ccccc2)CCCC2CC(O)=CC=C12)CCCC(F)(F)C(F)(F)F. The Hall–Kier alpha value is -1.84. The number of hydrogen-bond acceptors (Lipinski definition) is 3. The number of halogens is 5. The van der Waals surface area contributed by atoms with Crippen molar-refractivity contribution in [3.05, 3.63) is 65.0 Å². The highest BCUT2D eigenvalue weighted by Gasteiger charge is 2.56. The van der Waals surface area contributed by atoms with Gasteiger partial charge in [-0.15, -0.1) is 0 Å². The Bertz CT molecular complexity index is 991. The van der Waals surface area contributed by atoms with Gasteiger partial charge in [-0.1, -0.05) is 54.0 Å². The van der Waals surface area contributed by atoms with E-state index in [2.05, 4.69) is 35.7 Å². The summed E-state index contributed by atoms with van der Waals surface area (Å²) in [6.45, 7) is 1.45. The average molecular weight is 574 g/mol. The second-order valence-corrected chi connectivity index (χ2v) is 12.2. The van der Waals surface area contributed by atoms with Crippen LogP contribution in [0, 0.1) is 5.92 Å². The molecule has 0 saturated heterocycles. The van der Waals surface area contributed by atoms with Crippen molar-refractivity contribution in [1.82, 2.24) is 5.32 Å². The van der Waals surface area contributed by atoms with Gasteiger partial charge in [0.2, 0.25) is 0 Å². The Morgan fingerprint density at radius 1 is 0.923 bits per heavy atom. The van der Waals surface area contributed by atoms with Gasteiger partial charge in [-0.3, -0.25) is 0 Å². The van der Waals surface area contributed by atoms with Crippen LogP contribution in [0.15, 0.2) is 59.4 Å². The molecule has 1 aromatic rings. The number of unbranched alkanes of at least 4 members (excludes halogenated alkanes) is 2. The van der Waals surface area contributed by atoms with Crippen LogP contribution in [0.4, 0.5) is 22.0 Å². The lowest BCUT2D eigenvalue weighted by atomic mass is 9.81. The van der Waals surface area contributed by atoms with Gasteiger partial charge in [-0.25, -0.2) is 0 Å². The maximum Gasteiger partial charge on any atom is 0.453 e. The minimum Gasteiger partial charge on any atom is -0.616 e. The number of aliphatic hydroxyl groups excluding tert-OH is 1. The van der Waals surface area contributed by atoms with E-state index in [4.69, 9.17) is 0 Å². The molecule has 0 aliphatic heterocycles. The number of aliphatic hydroxyl groups is 1. The normalized spacial score (nSPS) is 19.3. The van der Waals surface area contributed by atoms with Gasteiger partial charge in [0.05, 0.1) is 5.76 Å². The largest absolute Gasteiger partial charge is 0.616 e. The first-order valence-corrected chi connectivity index (χ1v) is 15.4.